The molecule has 0 aliphatic carbocycles. The zero-order chi connectivity index (χ0) is 13.8. The maximum absolute atomic E-state index is 12.2. The van der Waals surface area contributed by atoms with Crippen LogP contribution in [-0.2, 0) is 11.2 Å². The van der Waals surface area contributed by atoms with Crippen LogP contribution in [0.15, 0.2) is 28.7 Å². The van der Waals surface area contributed by atoms with E-state index < -0.39 is 0 Å². The molecule has 1 heterocycles. The van der Waals surface area contributed by atoms with Crippen molar-refractivity contribution in [1.82, 2.24) is 4.90 Å². The normalized spacial score (nSPS) is 17.4. The van der Waals surface area contributed by atoms with E-state index in [1.165, 1.54) is 0 Å². The quantitative estimate of drug-likeness (QED) is 0.899. The number of amides is 1. The van der Waals surface area contributed by atoms with Gasteiger partial charge in [-0.3, -0.25) is 4.79 Å². The summed E-state index contributed by atoms with van der Waals surface area (Å²) in [5.74, 6) is 0.788. The third-order valence-corrected chi connectivity index (χ3v) is 4.37. The van der Waals surface area contributed by atoms with Crippen LogP contribution in [-0.4, -0.2) is 29.9 Å². The molecule has 1 aromatic rings. The van der Waals surface area contributed by atoms with Gasteiger partial charge in [0.05, 0.1) is 6.42 Å². The number of carbonyl (C=O) groups excluding carboxylic acids is 1. The van der Waals surface area contributed by atoms with Crippen molar-refractivity contribution in [2.75, 3.05) is 13.1 Å². The fraction of sp³-hybridized carbons (Fsp3) is 0.533. The third-order valence-electron chi connectivity index (χ3n) is 3.88. The largest absolute Gasteiger partial charge is 0.342 e. The minimum Gasteiger partial charge on any atom is -0.342 e. The number of piperidine rings is 1. The molecule has 0 saturated carbocycles. The fourth-order valence-electron chi connectivity index (χ4n) is 2.61. The highest BCUT2D eigenvalue weighted by Crippen LogP contribution is 2.20. The first-order valence-corrected chi connectivity index (χ1v) is 7.63. The zero-order valence-electron chi connectivity index (χ0n) is 11.7. The lowest BCUT2D eigenvalue weighted by molar-refractivity contribution is -0.131. The molecule has 112 valence electrons. The van der Waals surface area contributed by atoms with E-state index in [0.29, 0.717) is 12.3 Å². The van der Waals surface area contributed by atoms with Gasteiger partial charge in [-0.2, -0.15) is 0 Å². The predicted octanol–water partition coefficient (Wildman–Crippen LogP) is 3.00. The van der Waals surface area contributed by atoms with Crippen LogP contribution in [0.5, 0.6) is 0 Å². The smallest absolute Gasteiger partial charge is 0.226 e. The maximum atomic E-state index is 12.2. The number of nitrogens with zero attached hydrogens (tertiary/aromatic N) is 1. The molecule has 1 saturated heterocycles. The highest BCUT2D eigenvalue weighted by atomic mass is 79.9. The van der Waals surface area contributed by atoms with E-state index >= 15 is 0 Å². The molecule has 1 amide bonds. The number of halogens is 2. The van der Waals surface area contributed by atoms with Gasteiger partial charge in [0.1, 0.15) is 0 Å². The van der Waals surface area contributed by atoms with Crippen LogP contribution in [0.25, 0.3) is 0 Å². The average Bonchev–Trinajstić information content (AvgIpc) is 2.39. The predicted molar refractivity (Wildman–Crippen MR) is 88.0 cm³/mol. The number of hydrogen-bond acceptors (Lipinski definition) is 2. The summed E-state index contributed by atoms with van der Waals surface area (Å²) in [5, 5.41) is 0. The number of hydrogen-bond donors (Lipinski definition) is 1. The summed E-state index contributed by atoms with van der Waals surface area (Å²) in [6.07, 6.45) is 2.55. The van der Waals surface area contributed by atoms with Crippen LogP contribution < -0.4 is 5.73 Å². The minimum absolute atomic E-state index is 0. The Labute approximate surface area is 135 Å². The molecule has 2 rings (SSSR count). The first-order chi connectivity index (χ1) is 9.06. The van der Waals surface area contributed by atoms with Crippen molar-refractivity contribution in [3.05, 3.63) is 34.3 Å². The van der Waals surface area contributed by atoms with Crippen LogP contribution >= 0.6 is 28.3 Å². The Bertz CT molecular complexity index is 445. The Morgan fingerprint density at radius 3 is 2.65 bits per heavy atom. The SMILES string of the molecule is CC(N)C1CCN(C(=O)Cc2cccc(Br)c2)CC1.Cl. The van der Waals surface area contributed by atoms with Gasteiger partial charge in [0, 0.05) is 23.6 Å². The molecule has 0 aromatic heterocycles. The third kappa shape index (κ3) is 4.76. The summed E-state index contributed by atoms with van der Waals surface area (Å²) < 4.78 is 1.02. The second-order valence-corrected chi connectivity index (χ2v) is 6.30. The van der Waals surface area contributed by atoms with Crippen LogP contribution in [0.2, 0.25) is 0 Å². The highest BCUT2D eigenvalue weighted by Gasteiger charge is 2.24. The topological polar surface area (TPSA) is 46.3 Å². The number of nitrogens with two attached hydrogens (primary N) is 1. The lowest BCUT2D eigenvalue weighted by Crippen LogP contribution is -2.43. The lowest BCUT2D eigenvalue weighted by atomic mass is 9.91. The molecule has 0 bridgehead atoms. The van der Waals surface area contributed by atoms with E-state index in [9.17, 15) is 4.79 Å². The molecule has 5 heteroatoms. The molecule has 1 aromatic carbocycles. The van der Waals surface area contributed by atoms with Crippen molar-refractivity contribution in [2.24, 2.45) is 11.7 Å². The summed E-state index contributed by atoms with van der Waals surface area (Å²) in [6.45, 7) is 3.75. The first kappa shape index (κ1) is 17.5. The Balaban J connectivity index is 0.00000200. The van der Waals surface area contributed by atoms with E-state index in [0.717, 1.165) is 36.0 Å². The second-order valence-electron chi connectivity index (χ2n) is 5.38. The van der Waals surface area contributed by atoms with Gasteiger partial charge in [-0.1, -0.05) is 28.1 Å². The van der Waals surface area contributed by atoms with Crippen molar-refractivity contribution >= 4 is 34.2 Å². The summed E-state index contributed by atoms with van der Waals surface area (Å²) in [5.41, 5.74) is 6.98. The molecular weight excluding hydrogens is 340 g/mol. The van der Waals surface area contributed by atoms with Gasteiger partial charge in [0.15, 0.2) is 0 Å². The van der Waals surface area contributed by atoms with Crippen LogP contribution in [0, 0.1) is 5.92 Å². The molecule has 1 fully saturated rings. The zero-order valence-corrected chi connectivity index (χ0v) is 14.1. The Kier molecular flexibility index (Phi) is 7.00. The van der Waals surface area contributed by atoms with Gasteiger partial charge in [-0.25, -0.2) is 0 Å². The molecule has 2 N–H and O–H groups in total. The van der Waals surface area contributed by atoms with Crippen LogP contribution in [0.3, 0.4) is 0 Å². The van der Waals surface area contributed by atoms with Gasteiger partial charge in [-0.05, 0) is 43.4 Å². The molecular formula is C15H22BrClN2O. The van der Waals surface area contributed by atoms with Crippen molar-refractivity contribution in [2.45, 2.75) is 32.2 Å². The highest BCUT2D eigenvalue weighted by molar-refractivity contribution is 9.10. The standard InChI is InChI=1S/C15H21BrN2O.ClH/c1-11(17)13-5-7-18(8-6-13)15(19)10-12-3-2-4-14(16)9-12;/h2-4,9,11,13H,5-8,10,17H2,1H3;1H. The Hall–Kier alpha value is -0.580. The summed E-state index contributed by atoms with van der Waals surface area (Å²) in [7, 11) is 0. The van der Waals surface area contributed by atoms with Crippen LogP contribution in [0.4, 0.5) is 0 Å². The molecule has 1 atom stereocenters. The van der Waals surface area contributed by atoms with Gasteiger partial charge >= 0.3 is 0 Å². The number of carbonyl (C=O) groups is 1. The van der Waals surface area contributed by atoms with Gasteiger partial charge < -0.3 is 10.6 Å². The van der Waals surface area contributed by atoms with Gasteiger partial charge in [0.2, 0.25) is 5.91 Å². The Morgan fingerprint density at radius 2 is 2.10 bits per heavy atom. The second kappa shape index (κ2) is 8.01. The van der Waals surface area contributed by atoms with Crippen molar-refractivity contribution < 1.29 is 4.79 Å². The van der Waals surface area contributed by atoms with Crippen LogP contribution in [0.1, 0.15) is 25.3 Å². The van der Waals surface area contributed by atoms with E-state index in [1.54, 1.807) is 0 Å². The number of benzene rings is 1. The number of likely N-dealkylation sites (tertiary alicyclic amines) is 1. The van der Waals surface area contributed by atoms with Gasteiger partial charge in [-0.15, -0.1) is 12.4 Å². The monoisotopic (exact) mass is 360 g/mol. The van der Waals surface area contributed by atoms with Crippen molar-refractivity contribution in [3.8, 4) is 0 Å². The van der Waals surface area contributed by atoms with Gasteiger partial charge in [0.25, 0.3) is 0 Å². The molecule has 1 aliphatic rings. The van der Waals surface area contributed by atoms with Crippen molar-refractivity contribution in [3.63, 3.8) is 0 Å². The minimum atomic E-state index is 0. The summed E-state index contributed by atoms with van der Waals surface area (Å²) in [4.78, 5) is 14.2. The first-order valence-electron chi connectivity index (χ1n) is 6.84. The van der Waals surface area contributed by atoms with Crippen molar-refractivity contribution in [1.29, 1.82) is 0 Å². The molecule has 1 aliphatic heterocycles. The molecule has 0 spiro atoms. The molecule has 1 unspecified atom stereocenters. The van der Waals surface area contributed by atoms with E-state index in [-0.39, 0.29) is 24.4 Å². The molecule has 3 nitrogen and oxygen atoms in total. The fourth-order valence-corrected chi connectivity index (χ4v) is 3.05. The van der Waals surface area contributed by atoms with E-state index in [4.69, 9.17) is 5.73 Å². The summed E-state index contributed by atoms with van der Waals surface area (Å²) >= 11 is 3.43. The lowest BCUT2D eigenvalue weighted by Gasteiger charge is -2.33. The molecule has 20 heavy (non-hydrogen) atoms. The summed E-state index contributed by atoms with van der Waals surface area (Å²) in [6, 6.07) is 8.18. The Morgan fingerprint density at radius 1 is 1.45 bits per heavy atom. The molecule has 0 radical (unpaired) electrons. The van der Waals surface area contributed by atoms with E-state index in [1.807, 2.05) is 29.2 Å². The number of rotatable bonds is 3. The van der Waals surface area contributed by atoms with E-state index in [2.05, 4.69) is 22.9 Å². The maximum Gasteiger partial charge on any atom is 0.226 e. The average molecular weight is 362 g/mol.